The Balaban J connectivity index is 0.00000196. The molecule has 0 aromatic carbocycles. The molecule has 1 unspecified atom stereocenters. The maximum Gasteiger partial charge on any atom is 0.322 e. The summed E-state index contributed by atoms with van der Waals surface area (Å²) < 4.78 is 1.34. The molecule has 0 spiro atoms. The molecule has 0 aliphatic heterocycles. The van der Waals surface area contributed by atoms with Gasteiger partial charge in [-0.3, -0.25) is 9.59 Å². The zero-order valence-electron chi connectivity index (χ0n) is 7.61. The molecule has 1 aromatic heterocycles. The number of aliphatic carboxylic acids is 1. The number of pyridine rings is 1. The Morgan fingerprint density at radius 3 is 2.67 bits per heavy atom. The number of hydrogen-bond acceptors (Lipinski definition) is 4. The number of carboxylic acids is 1. The summed E-state index contributed by atoms with van der Waals surface area (Å²) in [5.74, 6) is -1.56. The minimum absolute atomic E-state index is 0. The van der Waals surface area contributed by atoms with Gasteiger partial charge in [0.1, 0.15) is 6.04 Å². The second-order valence-corrected chi connectivity index (χ2v) is 2.84. The van der Waals surface area contributed by atoms with E-state index in [-0.39, 0.29) is 23.6 Å². The fourth-order valence-corrected chi connectivity index (χ4v) is 0.931. The molecule has 0 amide bonds. The molecule has 1 aromatic rings. The van der Waals surface area contributed by atoms with E-state index in [9.17, 15) is 9.59 Å². The van der Waals surface area contributed by atoms with Gasteiger partial charge < -0.3 is 20.5 Å². The Kier molecular flexibility index (Phi) is 5.07. The van der Waals surface area contributed by atoms with Crippen molar-refractivity contribution in [2.75, 3.05) is 0 Å². The van der Waals surface area contributed by atoms with Crippen LogP contribution < -0.4 is 11.2 Å². The summed E-state index contributed by atoms with van der Waals surface area (Å²) in [4.78, 5) is 21.2. The molecular weight excluding hydrogens is 244 g/mol. The molecule has 0 bridgehead atoms. The van der Waals surface area contributed by atoms with E-state index < -0.39 is 23.2 Å². The van der Waals surface area contributed by atoms with E-state index in [1.165, 1.54) is 10.8 Å². The maximum absolute atomic E-state index is 10.8. The van der Waals surface area contributed by atoms with E-state index in [0.717, 1.165) is 12.3 Å². The van der Waals surface area contributed by atoms with Crippen molar-refractivity contribution >= 4 is 5.97 Å². The van der Waals surface area contributed by atoms with Gasteiger partial charge in [-0.1, -0.05) is 0 Å². The zero-order valence-corrected chi connectivity index (χ0v) is 8.71. The Morgan fingerprint density at radius 2 is 2.20 bits per heavy atom. The van der Waals surface area contributed by atoms with Crippen molar-refractivity contribution in [1.29, 1.82) is 0 Å². The van der Waals surface area contributed by atoms with Crippen molar-refractivity contribution in [3.63, 3.8) is 0 Å². The largest absolute Gasteiger partial charge is 0.503 e. The van der Waals surface area contributed by atoms with Crippen LogP contribution in [-0.4, -0.2) is 26.8 Å². The van der Waals surface area contributed by atoms with Crippen LogP contribution in [0.3, 0.4) is 0 Å². The molecule has 0 aliphatic rings. The van der Waals surface area contributed by atoms with E-state index in [1.807, 2.05) is 0 Å². The third-order valence-corrected chi connectivity index (χ3v) is 1.68. The second-order valence-electron chi connectivity index (χ2n) is 2.84. The van der Waals surface area contributed by atoms with E-state index in [2.05, 4.69) is 0 Å². The fourth-order valence-electron chi connectivity index (χ4n) is 0.931. The Morgan fingerprint density at radius 1 is 1.60 bits per heavy atom. The van der Waals surface area contributed by atoms with Gasteiger partial charge in [-0.25, -0.2) is 0 Å². The number of hydrogen-bond donors (Lipinski definition) is 3. The van der Waals surface area contributed by atoms with Crippen LogP contribution in [-0.2, 0) is 28.4 Å². The number of rotatable bonds is 3. The number of aromatic hydroxyl groups is 1. The SMILES string of the molecule is NC(Cn1ccc(=O)c(O)c1)C(=O)O.[Fe]. The van der Waals surface area contributed by atoms with Crippen molar-refractivity contribution in [1.82, 2.24) is 4.57 Å². The van der Waals surface area contributed by atoms with Crippen LogP contribution in [0.25, 0.3) is 0 Å². The van der Waals surface area contributed by atoms with Crippen LogP contribution in [0.15, 0.2) is 23.3 Å². The van der Waals surface area contributed by atoms with Gasteiger partial charge in [0.2, 0.25) is 5.43 Å². The smallest absolute Gasteiger partial charge is 0.322 e. The summed E-state index contributed by atoms with van der Waals surface area (Å²) in [6.45, 7) is 0.00315. The molecule has 1 rings (SSSR count). The van der Waals surface area contributed by atoms with Crippen molar-refractivity contribution < 1.29 is 32.1 Å². The molecule has 1 heterocycles. The van der Waals surface area contributed by atoms with Gasteiger partial charge >= 0.3 is 5.97 Å². The summed E-state index contributed by atoms with van der Waals surface area (Å²) in [6.07, 6.45) is 2.51. The number of nitrogens with zero attached hydrogens (tertiary/aromatic N) is 1. The van der Waals surface area contributed by atoms with Gasteiger partial charge in [0.15, 0.2) is 5.75 Å². The molecule has 7 heteroatoms. The van der Waals surface area contributed by atoms with Crippen LogP contribution in [0.1, 0.15) is 0 Å². The van der Waals surface area contributed by atoms with E-state index >= 15 is 0 Å². The van der Waals surface area contributed by atoms with Crippen molar-refractivity contribution in [2.24, 2.45) is 5.73 Å². The summed E-state index contributed by atoms with van der Waals surface area (Å²) in [5.41, 5.74) is 4.75. The molecule has 15 heavy (non-hydrogen) atoms. The first kappa shape index (κ1) is 13.7. The molecular formula is C8H10FeN2O4. The fraction of sp³-hybridized carbons (Fsp3) is 0.250. The molecule has 0 aliphatic carbocycles. The summed E-state index contributed by atoms with van der Waals surface area (Å²) in [6, 6.07) is 0.0843. The quantitative estimate of drug-likeness (QED) is 0.597. The summed E-state index contributed by atoms with van der Waals surface area (Å²) in [5, 5.41) is 17.5. The third kappa shape index (κ3) is 3.75. The Labute approximate surface area is 95.8 Å². The van der Waals surface area contributed by atoms with Crippen LogP contribution in [0.5, 0.6) is 5.75 Å². The zero-order chi connectivity index (χ0) is 10.7. The molecule has 4 N–H and O–H groups in total. The van der Waals surface area contributed by atoms with Crippen molar-refractivity contribution in [2.45, 2.75) is 12.6 Å². The van der Waals surface area contributed by atoms with Crippen molar-refractivity contribution in [3.8, 4) is 5.75 Å². The normalized spacial score (nSPS) is 11.5. The predicted molar refractivity (Wildman–Crippen MR) is 48.0 cm³/mol. The van der Waals surface area contributed by atoms with Crippen LogP contribution >= 0.6 is 0 Å². The molecule has 1 atom stereocenters. The van der Waals surface area contributed by atoms with E-state index in [0.29, 0.717) is 0 Å². The molecule has 0 saturated carbocycles. The minimum Gasteiger partial charge on any atom is -0.503 e. The average molecular weight is 254 g/mol. The van der Waals surface area contributed by atoms with Crippen LogP contribution in [0, 0.1) is 0 Å². The molecule has 84 valence electrons. The van der Waals surface area contributed by atoms with E-state index in [1.54, 1.807) is 0 Å². The number of carboxylic acid groups (broad SMARTS) is 1. The van der Waals surface area contributed by atoms with Gasteiger partial charge in [-0.05, 0) is 0 Å². The first-order valence-electron chi connectivity index (χ1n) is 3.88. The molecule has 6 nitrogen and oxygen atoms in total. The van der Waals surface area contributed by atoms with Gasteiger partial charge in [-0.15, -0.1) is 0 Å². The van der Waals surface area contributed by atoms with Gasteiger partial charge in [0.05, 0.1) is 0 Å². The summed E-state index contributed by atoms with van der Waals surface area (Å²) in [7, 11) is 0. The summed E-state index contributed by atoms with van der Waals surface area (Å²) >= 11 is 0. The minimum atomic E-state index is -1.14. The van der Waals surface area contributed by atoms with Crippen molar-refractivity contribution in [3.05, 3.63) is 28.7 Å². The van der Waals surface area contributed by atoms with Crippen LogP contribution in [0.2, 0.25) is 0 Å². The number of nitrogens with two attached hydrogens (primary N) is 1. The standard InChI is InChI=1S/C8H10N2O4.Fe/c9-5(8(13)14)3-10-2-1-6(11)7(12)4-10;/h1-2,4-5,12H,3,9H2,(H,13,14);. The topological polar surface area (TPSA) is 106 Å². The monoisotopic (exact) mass is 254 g/mol. The third-order valence-electron chi connectivity index (χ3n) is 1.68. The maximum atomic E-state index is 10.8. The molecule has 0 fully saturated rings. The number of carbonyl (C=O) groups is 1. The predicted octanol–water partition coefficient (Wildman–Crippen LogP) is -1.04. The van der Waals surface area contributed by atoms with Crippen LogP contribution in [0.4, 0.5) is 0 Å². The second kappa shape index (κ2) is 5.55. The number of aromatic nitrogens is 1. The Hall–Kier alpha value is -1.30. The average Bonchev–Trinajstić information content (AvgIpc) is 2.11. The van der Waals surface area contributed by atoms with E-state index in [4.69, 9.17) is 15.9 Å². The van der Waals surface area contributed by atoms with Gasteiger partial charge in [0, 0.05) is 42.1 Å². The first-order valence-corrected chi connectivity index (χ1v) is 3.88. The van der Waals surface area contributed by atoms with Gasteiger partial charge in [0.25, 0.3) is 0 Å². The first-order chi connectivity index (χ1) is 6.50. The van der Waals surface area contributed by atoms with Gasteiger partial charge in [-0.2, -0.15) is 0 Å². The Bertz CT molecular complexity index is 404. The molecule has 0 radical (unpaired) electrons. The molecule has 0 saturated heterocycles.